The minimum atomic E-state index is -0.281. The van der Waals surface area contributed by atoms with Gasteiger partial charge in [-0.1, -0.05) is 12.1 Å². The highest BCUT2D eigenvalue weighted by Gasteiger charge is 2.15. The molecule has 0 bridgehead atoms. The quantitative estimate of drug-likeness (QED) is 0.414. The molecule has 7 heteroatoms. The monoisotopic (exact) mass is 406 g/mol. The van der Waals surface area contributed by atoms with Crippen LogP contribution in [0.5, 0.6) is 0 Å². The van der Waals surface area contributed by atoms with E-state index in [1.54, 1.807) is 30.9 Å². The second-order valence-electron chi connectivity index (χ2n) is 7.24. The number of aromatic amines is 2. The molecule has 0 saturated carbocycles. The van der Waals surface area contributed by atoms with Crippen LogP contribution in [0.25, 0.3) is 55.7 Å². The maximum Gasteiger partial charge on any atom is 0.135 e. The first kappa shape index (κ1) is 17.5. The van der Waals surface area contributed by atoms with Gasteiger partial charge in [-0.25, -0.2) is 9.37 Å². The fraction of sp³-hybridized carbons (Fsp3) is 0. The van der Waals surface area contributed by atoms with E-state index >= 15 is 0 Å². The molecule has 0 radical (unpaired) electrons. The zero-order valence-electron chi connectivity index (χ0n) is 16.2. The summed E-state index contributed by atoms with van der Waals surface area (Å²) in [5.41, 5.74) is 7.43. The van der Waals surface area contributed by atoms with E-state index < -0.39 is 0 Å². The maximum atomic E-state index is 13.8. The first-order valence-electron chi connectivity index (χ1n) is 9.75. The first-order valence-corrected chi connectivity index (χ1v) is 9.75. The van der Waals surface area contributed by atoms with E-state index in [9.17, 15) is 4.39 Å². The van der Waals surface area contributed by atoms with E-state index in [0.717, 1.165) is 50.0 Å². The number of halogens is 1. The fourth-order valence-corrected chi connectivity index (χ4v) is 3.83. The van der Waals surface area contributed by atoms with Gasteiger partial charge in [-0.3, -0.25) is 15.1 Å². The van der Waals surface area contributed by atoms with Crippen LogP contribution in [0, 0.1) is 5.82 Å². The number of rotatable bonds is 3. The summed E-state index contributed by atoms with van der Waals surface area (Å²) < 4.78 is 13.8. The number of pyridine rings is 3. The Bertz CT molecular complexity index is 1550. The van der Waals surface area contributed by atoms with Gasteiger partial charge in [-0.05, 0) is 48.0 Å². The van der Waals surface area contributed by atoms with Gasteiger partial charge in [-0.15, -0.1) is 0 Å². The second-order valence-corrected chi connectivity index (χ2v) is 7.24. The molecule has 0 unspecified atom stereocenters. The van der Waals surface area contributed by atoms with E-state index in [0.29, 0.717) is 5.69 Å². The Morgan fingerprint density at radius 2 is 1.71 bits per heavy atom. The van der Waals surface area contributed by atoms with Crippen LogP contribution in [0.3, 0.4) is 0 Å². The molecule has 0 aliphatic heterocycles. The summed E-state index contributed by atoms with van der Waals surface area (Å²) in [6, 6.07) is 16.3. The fourth-order valence-electron chi connectivity index (χ4n) is 3.83. The van der Waals surface area contributed by atoms with Gasteiger partial charge in [-0.2, -0.15) is 5.10 Å². The van der Waals surface area contributed by atoms with E-state index in [1.807, 2.05) is 36.4 Å². The van der Waals surface area contributed by atoms with Crippen molar-refractivity contribution in [3.63, 3.8) is 0 Å². The molecule has 5 aromatic heterocycles. The predicted octanol–water partition coefficient (Wildman–Crippen LogP) is 5.37. The lowest BCUT2D eigenvalue weighted by molar-refractivity contribution is 0.628. The van der Waals surface area contributed by atoms with Crippen molar-refractivity contribution >= 4 is 21.9 Å². The standard InChI is InChI=1S/C24H15FN6/c25-16-3-1-2-15(10-16)18-12-27-13-22-17(18)11-21(28-22)24-23-20(30-31-24)5-4-19(29-23)14-6-8-26-9-7-14/h1-13,28H,(H,30,31). The Kier molecular flexibility index (Phi) is 3.86. The number of nitrogens with one attached hydrogen (secondary N) is 2. The highest BCUT2D eigenvalue weighted by molar-refractivity contribution is 5.99. The molecule has 5 heterocycles. The Morgan fingerprint density at radius 1 is 0.806 bits per heavy atom. The number of hydrogen-bond acceptors (Lipinski definition) is 4. The molecule has 6 rings (SSSR count). The molecule has 0 aliphatic rings. The Morgan fingerprint density at radius 3 is 2.58 bits per heavy atom. The van der Waals surface area contributed by atoms with Crippen LogP contribution < -0.4 is 0 Å². The van der Waals surface area contributed by atoms with E-state index in [2.05, 4.69) is 25.1 Å². The zero-order chi connectivity index (χ0) is 20.8. The van der Waals surface area contributed by atoms with Gasteiger partial charge in [0.25, 0.3) is 0 Å². The molecule has 0 saturated heterocycles. The third-order valence-corrected chi connectivity index (χ3v) is 5.32. The molecule has 0 amide bonds. The summed E-state index contributed by atoms with van der Waals surface area (Å²) >= 11 is 0. The van der Waals surface area contributed by atoms with Crippen LogP contribution in [0.2, 0.25) is 0 Å². The molecular weight excluding hydrogens is 391 g/mol. The van der Waals surface area contributed by atoms with Gasteiger partial charge in [0.15, 0.2) is 0 Å². The van der Waals surface area contributed by atoms with Crippen molar-refractivity contribution in [2.24, 2.45) is 0 Å². The molecular formula is C24H15FN6. The summed E-state index contributed by atoms with van der Waals surface area (Å²) in [6.45, 7) is 0. The minimum Gasteiger partial charge on any atom is -0.352 e. The van der Waals surface area contributed by atoms with Gasteiger partial charge >= 0.3 is 0 Å². The van der Waals surface area contributed by atoms with Gasteiger partial charge in [0.05, 0.1) is 28.6 Å². The lowest BCUT2D eigenvalue weighted by Gasteiger charge is -2.02. The molecule has 0 fully saturated rings. The van der Waals surface area contributed by atoms with Crippen LogP contribution in [-0.4, -0.2) is 30.1 Å². The number of aromatic nitrogens is 6. The molecule has 0 atom stereocenters. The average molecular weight is 406 g/mol. The zero-order valence-corrected chi connectivity index (χ0v) is 16.2. The molecule has 6 nitrogen and oxygen atoms in total. The van der Waals surface area contributed by atoms with E-state index in [4.69, 9.17) is 4.98 Å². The average Bonchev–Trinajstić information content (AvgIpc) is 3.43. The summed E-state index contributed by atoms with van der Waals surface area (Å²) in [4.78, 5) is 16.6. The molecule has 148 valence electrons. The van der Waals surface area contributed by atoms with Gasteiger partial charge in [0.1, 0.15) is 17.0 Å². The largest absolute Gasteiger partial charge is 0.352 e. The lowest BCUT2D eigenvalue weighted by atomic mass is 10.0. The van der Waals surface area contributed by atoms with Crippen LogP contribution >= 0.6 is 0 Å². The van der Waals surface area contributed by atoms with Crippen molar-refractivity contribution in [3.8, 4) is 33.8 Å². The van der Waals surface area contributed by atoms with Crippen molar-refractivity contribution in [2.75, 3.05) is 0 Å². The van der Waals surface area contributed by atoms with Crippen LogP contribution in [0.4, 0.5) is 4.39 Å². The third-order valence-electron chi connectivity index (χ3n) is 5.32. The molecule has 1 aromatic carbocycles. The number of fused-ring (bicyclic) bond motifs is 2. The summed E-state index contributed by atoms with van der Waals surface area (Å²) in [5, 5.41) is 8.50. The maximum absolute atomic E-state index is 13.8. The minimum absolute atomic E-state index is 0.281. The molecule has 6 aromatic rings. The normalized spacial score (nSPS) is 11.4. The van der Waals surface area contributed by atoms with Crippen molar-refractivity contribution in [1.29, 1.82) is 0 Å². The smallest absolute Gasteiger partial charge is 0.135 e. The van der Waals surface area contributed by atoms with Crippen molar-refractivity contribution < 1.29 is 4.39 Å². The number of nitrogens with zero attached hydrogens (tertiary/aromatic N) is 4. The summed E-state index contributed by atoms with van der Waals surface area (Å²) in [6.07, 6.45) is 7.00. The topological polar surface area (TPSA) is 83.1 Å². The summed E-state index contributed by atoms with van der Waals surface area (Å²) in [7, 11) is 0. The SMILES string of the molecule is Fc1cccc(-c2cncc3[nH]c(-c4n[nH]c5ccc(-c6ccncc6)nc45)cc23)c1. The highest BCUT2D eigenvalue weighted by atomic mass is 19.1. The first-order chi connectivity index (χ1) is 15.3. The van der Waals surface area contributed by atoms with E-state index in [-0.39, 0.29) is 5.82 Å². The van der Waals surface area contributed by atoms with Crippen LogP contribution in [-0.2, 0) is 0 Å². The van der Waals surface area contributed by atoms with Crippen molar-refractivity contribution in [3.05, 3.63) is 85.2 Å². The van der Waals surface area contributed by atoms with Crippen LogP contribution in [0.15, 0.2) is 79.4 Å². The molecule has 0 spiro atoms. The number of benzene rings is 1. The van der Waals surface area contributed by atoms with Gasteiger partial charge < -0.3 is 4.98 Å². The highest BCUT2D eigenvalue weighted by Crippen LogP contribution is 2.33. The predicted molar refractivity (Wildman–Crippen MR) is 118 cm³/mol. The lowest BCUT2D eigenvalue weighted by Crippen LogP contribution is -1.86. The second kappa shape index (κ2) is 6.84. The third kappa shape index (κ3) is 2.95. The number of hydrogen-bond donors (Lipinski definition) is 2. The summed E-state index contributed by atoms with van der Waals surface area (Å²) in [5.74, 6) is -0.281. The Labute approximate surface area is 175 Å². The van der Waals surface area contributed by atoms with E-state index in [1.165, 1.54) is 12.1 Å². The molecule has 0 aliphatic carbocycles. The van der Waals surface area contributed by atoms with Crippen molar-refractivity contribution in [1.82, 2.24) is 30.1 Å². The molecule has 31 heavy (non-hydrogen) atoms. The van der Waals surface area contributed by atoms with Gasteiger partial charge in [0, 0.05) is 35.1 Å². The van der Waals surface area contributed by atoms with Crippen LogP contribution in [0.1, 0.15) is 0 Å². The Balaban J connectivity index is 1.52. The Hall–Kier alpha value is -4.39. The number of H-pyrrole nitrogens is 2. The van der Waals surface area contributed by atoms with Crippen molar-refractivity contribution in [2.45, 2.75) is 0 Å². The van der Waals surface area contributed by atoms with Gasteiger partial charge in [0.2, 0.25) is 0 Å². The molecule has 2 N–H and O–H groups in total.